The van der Waals surface area contributed by atoms with Gasteiger partial charge in [0.25, 0.3) is 6.17 Å². The molecule has 136 valence electrons. The number of hydrogen-bond acceptors (Lipinski definition) is 5. The van der Waals surface area contributed by atoms with E-state index >= 15 is 0 Å². The lowest BCUT2D eigenvalue weighted by molar-refractivity contribution is -0.763. The molecule has 27 heavy (non-hydrogen) atoms. The van der Waals surface area contributed by atoms with Gasteiger partial charge in [-0.1, -0.05) is 30.8 Å². The fourth-order valence-electron chi connectivity index (χ4n) is 3.34. The molecule has 1 aromatic carbocycles. The van der Waals surface area contributed by atoms with Crippen LogP contribution in [0.25, 0.3) is 11.3 Å². The lowest BCUT2D eigenvalue weighted by atomic mass is 10.0. The molecule has 1 N–H and O–H groups in total. The summed E-state index contributed by atoms with van der Waals surface area (Å²) in [5, 5.41) is 5.17. The van der Waals surface area contributed by atoms with Gasteiger partial charge in [-0.2, -0.15) is 0 Å². The summed E-state index contributed by atoms with van der Waals surface area (Å²) in [6.07, 6.45) is 2.79. The number of nitrogens with zero attached hydrogens (tertiary/aromatic N) is 4. The maximum absolute atomic E-state index is 12.9. The largest absolute Gasteiger partial charge is 0.325 e. The number of fused-ring (bicyclic) bond motifs is 3. The molecule has 0 spiro atoms. The molecule has 1 amide bonds. The van der Waals surface area contributed by atoms with E-state index < -0.39 is 6.17 Å². The van der Waals surface area contributed by atoms with Gasteiger partial charge >= 0.3 is 11.3 Å². The molecule has 7 nitrogen and oxygen atoms in total. The molecule has 0 bridgehead atoms. The Morgan fingerprint density at radius 1 is 1.30 bits per heavy atom. The minimum Gasteiger partial charge on any atom is -0.291 e. The van der Waals surface area contributed by atoms with E-state index in [2.05, 4.69) is 15.1 Å². The Hall–Kier alpha value is -3.00. The van der Waals surface area contributed by atoms with E-state index in [1.807, 2.05) is 43.3 Å². The lowest BCUT2D eigenvalue weighted by Gasteiger charge is -2.31. The Kier molecular flexibility index (Phi) is 4.49. The number of carbonyl (C=O) groups excluding carboxylic acids is 1. The number of nitrogens with one attached hydrogen (secondary N) is 1. The van der Waals surface area contributed by atoms with E-state index in [9.17, 15) is 9.59 Å². The molecule has 1 atom stereocenters. The first-order valence-electron chi connectivity index (χ1n) is 8.60. The molecular formula is C19H18N5O2S+. The van der Waals surface area contributed by atoms with E-state index in [4.69, 9.17) is 0 Å². The predicted molar refractivity (Wildman–Crippen MR) is 102 cm³/mol. The summed E-state index contributed by atoms with van der Waals surface area (Å²) >= 11 is 1.44. The van der Waals surface area contributed by atoms with Crippen molar-refractivity contribution >= 4 is 23.4 Å². The van der Waals surface area contributed by atoms with Crippen LogP contribution >= 0.6 is 11.8 Å². The van der Waals surface area contributed by atoms with Crippen molar-refractivity contribution in [3.05, 3.63) is 64.7 Å². The number of benzene rings is 1. The summed E-state index contributed by atoms with van der Waals surface area (Å²) in [6, 6.07) is 11.1. The molecule has 0 aliphatic carbocycles. The van der Waals surface area contributed by atoms with Gasteiger partial charge in [-0.25, -0.2) is 4.90 Å². The van der Waals surface area contributed by atoms with Crippen LogP contribution in [-0.4, -0.2) is 26.7 Å². The maximum atomic E-state index is 12.9. The van der Waals surface area contributed by atoms with Crippen molar-refractivity contribution in [2.24, 2.45) is 0 Å². The standard InChI is InChI=1S/C19H17N5O2S/c1-3-27-19-21-17(26)16-14-8-4-5-9-15(14)23(12(2)25)18(24(16)22-19)13-7-6-10-20-11-13/h4-11,18H,3H2,1-2H3/p+1. The molecule has 1 unspecified atom stereocenters. The highest BCUT2D eigenvalue weighted by molar-refractivity contribution is 7.99. The van der Waals surface area contributed by atoms with Crippen molar-refractivity contribution in [1.29, 1.82) is 0 Å². The van der Waals surface area contributed by atoms with Gasteiger partial charge in [0.1, 0.15) is 0 Å². The average Bonchev–Trinajstić information content (AvgIpc) is 2.67. The van der Waals surface area contributed by atoms with E-state index in [0.717, 1.165) is 11.3 Å². The first kappa shape index (κ1) is 17.4. The third kappa shape index (κ3) is 2.91. The molecule has 2 aromatic heterocycles. The maximum Gasteiger partial charge on any atom is 0.325 e. The average molecular weight is 380 g/mol. The van der Waals surface area contributed by atoms with Crippen LogP contribution in [0.3, 0.4) is 0 Å². The molecule has 4 rings (SSSR count). The van der Waals surface area contributed by atoms with Crippen molar-refractivity contribution in [1.82, 2.24) is 15.1 Å². The Labute approximate surface area is 160 Å². The number of thioether (sulfide) groups is 1. The van der Waals surface area contributed by atoms with Gasteiger partial charge in [0.05, 0.1) is 16.8 Å². The van der Waals surface area contributed by atoms with Crippen molar-refractivity contribution in [3.8, 4) is 11.3 Å². The molecule has 1 aliphatic rings. The quantitative estimate of drug-likeness (QED) is 0.556. The van der Waals surface area contributed by atoms with Crippen LogP contribution in [-0.2, 0) is 4.79 Å². The van der Waals surface area contributed by atoms with Crippen LogP contribution in [0.1, 0.15) is 25.6 Å². The second-order valence-corrected chi connectivity index (χ2v) is 7.30. The van der Waals surface area contributed by atoms with Crippen LogP contribution in [0.4, 0.5) is 5.69 Å². The number of H-pyrrole nitrogens is 1. The number of carbonyl (C=O) groups is 1. The van der Waals surface area contributed by atoms with E-state index in [1.54, 1.807) is 22.0 Å². The smallest absolute Gasteiger partial charge is 0.291 e. The molecule has 1 aliphatic heterocycles. The highest BCUT2D eigenvalue weighted by atomic mass is 32.2. The van der Waals surface area contributed by atoms with Crippen LogP contribution in [0.15, 0.2) is 58.7 Å². The highest BCUT2D eigenvalue weighted by Gasteiger charge is 2.44. The fraction of sp³-hybridized carbons (Fsp3) is 0.211. The lowest BCUT2D eigenvalue weighted by Crippen LogP contribution is -2.60. The van der Waals surface area contributed by atoms with Gasteiger partial charge in [-0.15, -0.1) is 0 Å². The summed E-state index contributed by atoms with van der Waals surface area (Å²) in [7, 11) is 0. The van der Waals surface area contributed by atoms with Crippen molar-refractivity contribution in [2.75, 3.05) is 10.7 Å². The first-order valence-corrected chi connectivity index (χ1v) is 9.58. The zero-order valence-electron chi connectivity index (χ0n) is 14.9. The zero-order valence-corrected chi connectivity index (χ0v) is 15.7. The minimum absolute atomic E-state index is 0.138. The molecule has 0 radical (unpaired) electrons. The van der Waals surface area contributed by atoms with Crippen LogP contribution in [0.5, 0.6) is 0 Å². The monoisotopic (exact) mass is 380 g/mol. The van der Waals surface area contributed by atoms with Crippen molar-refractivity contribution < 1.29 is 9.48 Å². The number of aromatic amines is 1. The minimum atomic E-state index is -0.584. The Morgan fingerprint density at radius 2 is 2.11 bits per heavy atom. The van der Waals surface area contributed by atoms with Gasteiger partial charge in [0, 0.05) is 24.4 Å². The summed E-state index contributed by atoms with van der Waals surface area (Å²) in [5.74, 6) is 0.633. The molecule has 0 fully saturated rings. The molecule has 0 saturated heterocycles. The number of amides is 1. The third-order valence-corrected chi connectivity index (χ3v) is 5.11. The van der Waals surface area contributed by atoms with Gasteiger partial charge in [-0.3, -0.25) is 19.6 Å². The summed E-state index contributed by atoms with van der Waals surface area (Å²) < 4.78 is 1.64. The highest BCUT2D eigenvalue weighted by Crippen LogP contribution is 2.36. The third-order valence-electron chi connectivity index (χ3n) is 4.36. The van der Waals surface area contributed by atoms with Gasteiger partial charge in [0.15, 0.2) is 0 Å². The zero-order chi connectivity index (χ0) is 19.0. The number of para-hydroxylation sites is 1. The molecule has 0 saturated carbocycles. The molecule has 3 heterocycles. The van der Waals surface area contributed by atoms with Crippen molar-refractivity contribution in [3.63, 3.8) is 0 Å². The molecule has 8 heteroatoms. The normalized spacial score (nSPS) is 15.2. The van der Waals surface area contributed by atoms with Gasteiger partial charge in [0.2, 0.25) is 11.1 Å². The summed E-state index contributed by atoms with van der Waals surface area (Å²) in [6.45, 7) is 3.51. The summed E-state index contributed by atoms with van der Waals surface area (Å²) in [4.78, 5) is 34.3. The number of aromatic nitrogens is 4. The Bertz CT molecular complexity index is 1070. The Morgan fingerprint density at radius 3 is 2.81 bits per heavy atom. The predicted octanol–water partition coefficient (Wildman–Crippen LogP) is 2.14. The second-order valence-electron chi connectivity index (χ2n) is 6.05. The number of hydrogen-bond donors (Lipinski definition) is 1. The van der Waals surface area contributed by atoms with Gasteiger partial charge in [-0.05, 0) is 34.7 Å². The topological polar surface area (TPSA) is 82.8 Å². The fourth-order valence-corrected chi connectivity index (χ4v) is 3.93. The van der Waals surface area contributed by atoms with Gasteiger partial charge < -0.3 is 0 Å². The second kappa shape index (κ2) is 6.96. The van der Waals surface area contributed by atoms with E-state index in [1.165, 1.54) is 18.7 Å². The Balaban J connectivity index is 2.07. The van der Waals surface area contributed by atoms with E-state index in [-0.39, 0.29) is 11.5 Å². The summed E-state index contributed by atoms with van der Waals surface area (Å²) in [5.41, 5.74) is 2.33. The van der Waals surface area contributed by atoms with Crippen LogP contribution in [0.2, 0.25) is 0 Å². The number of rotatable bonds is 3. The van der Waals surface area contributed by atoms with Crippen molar-refractivity contribution in [2.45, 2.75) is 25.2 Å². The first-order chi connectivity index (χ1) is 13.1. The van der Waals surface area contributed by atoms with E-state index in [0.29, 0.717) is 22.1 Å². The van der Waals surface area contributed by atoms with Crippen LogP contribution in [0, 0.1) is 0 Å². The molecular weight excluding hydrogens is 362 g/mol. The SMILES string of the molecule is CCSc1n[n+]2c(c(=O)[nH]1)-c1ccccc1N(C(C)=O)C2c1cccnc1. The number of pyridine rings is 1. The molecule has 3 aromatic rings. The van der Waals surface area contributed by atoms with Crippen LogP contribution < -0.4 is 15.1 Å². The number of anilines is 1.